The Balaban J connectivity index is 2.21. The van der Waals surface area contributed by atoms with Crippen LogP contribution in [-0.2, 0) is 9.57 Å². The molecule has 1 aliphatic heterocycles. The number of epoxide rings is 1. The average Bonchev–Trinajstić information content (AvgIpc) is 2.64. The maximum absolute atomic E-state index is 5.46. The van der Waals surface area contributed by atoms with Gasteiger partial charge in [0.25, 0.3) is 0 Å². The molecule has 0 aliphatic carbocycles. The van der Waals surface area contributed by atoms with Crippen molar-refractivity contribution >= 4 is 0 Å². The minimum absolute atomic E-state index is 0.300. The van der Waals surface area contributed by atoms with Gasteiger partial charge in [-0.25, -0.2) is 0 Å². The molecular weight excluding hydrogens is 130 g/mol. The van der Waals surface area contributed by atoms with Crippen molar-refractivity contribution in [3.63, 3.8) is 0 Å². The molecule has 1 fully saturated rings. The lowest BCUT2D eigenvalue weighted by molar-refractivity contribution is -0.231. The molecule has 0 aromatic rings. The summed E-state index contributed by atoms with van der Waals surface area (Å²) >= 11 is 0. The van der Waals surface area contributed by atoms with Crippen molar-refractivity contribution in [1.29, 1.82) is 0 Å². The van der Waals surface area contributed by atoms with E-state index in [0.717, 1.165) is 19.7 Å². The number of hydrogen-bond acceptors (Lipinski definition) is 3. The summed E-state index contributed by atoms with van der Waals surface area (Å²) in [6.07, 6.45) is 0. The van der Waals surface area contributed by atoms with Crippen LogP contribution in [0.2, 0.25) is 0 Å². The Morgan fingerprint density at radius 3 is 2.30 bits per heavy atom. The van der Waals surface area contributed by atoms with Gasteiger partial charge >= 0.3 is 0 Å². The summed E-state index contributed by atoms with van der Waals surface area (Å²) in [6, 6.07) is 0. The van der Waals surface area contributed by atoms with E-state index in [1.165, 1.54) is 0 Å². The molecule has 1 rings (SSSR count). The summed E-state index contributed by atoms with van der Waals surface area (Å²) in [5, 5.41) is 1.90. The van der Waals surface area contributed by atoms with E-state index >= 15 is 0 Å². The topological polar surface area (TPSA) is 25.0 Å². The molecule has 0 aromatic heterocycles. The van der Waals surface area contributed by atoms with E-state index < -0.39 is 0 Å². The SMILES string of the molecule is CCN(CC)OC1(C)CO1. The van der Waals surface area contributed by atoms with Crippen LogP contribution >= 0.6 is 0 Å². The third-order valence-electron chi connectivity index (χ3n) is 1.58. The second-order valence-corrected chi connectivity index (χ2v) is 2.63. The van der Waals surface area contributed by atoms with Crippen LogP contribution in [0.5, 0.6) is 0 Å². The molecule has 1 unspecified atom stereocenters. The minimum Gasteiger partial charge on any atom is -0.341 e. The lowest BCUT2D eigenvalue weighted by Gasteiger charge is -2.19. The second-order valence-electron chi connectivity index (χ2n) is 2.63. The van der Waals surface area contributed by atoms with Crippen LogP contribution < -0.4 is 0 Å². The van der Waals surface area contributed by atoms with Gasteiger partial charge in [0.15, 0.2) is 0 Å². The predicted octanol–water partition coefficient (Wildman–Crippen LogP) is 1.01. The molecule has 0 N–H and O–H groups in total. The smallest absolute Gasteiger partial charge is 0.208 e. The number of nitrogens with zero attached hydrogens (tertiary/aromatic N) is 1. The van der Waals surface area contributed by atoms with Crippen LogP contribution in [-0.4, -0.2) is 30.5 Å². The Morgan fingerprint density at radius 1 is 1.50 bits per heavy atom. The highest BCUT2D eigenvalue weighted by Gasteiger charge is 2.42. The summed E-state index contributed by atoms with van der Waals surface area (Å²) < 4.78 is 5.07. The molecule has 1 atom stereocenters. The maximum atomic E-state index is 5.46. The lowest BCUT2D eigenvalue weighted by atomic mass is 10.5. The molecule has 3 nitrogen and oxygen atoms in total. The van der Waals surface area contributed by atoms with Gasteiger partial charge in [-0.2, -0.15) is 5.06 Å². The Kier molecular flexibility index (Phi) is 2.28. The van der Waals surface area contributed by atoms with E-state index in [9.17, 15) is 0 Å². The monoisotopic (exact) mass is 145 g/mol. The molecule has 1 heterocycles. The van der Waals surface area contributed by atoms with E-state index in [1.54, 1.807) is 0 Å². The first-order valence-corrected chi connectivity index (χ1v) is 3.78. The number of hydrogen-bond donors (Lipinski definition) is 0. The van der Waals surface area contributed by atoms with Gasteiger partial charge in [0, 0.05) is 13.1 Å². The van der Waals surface area contributed by atoms with E-state index in [1.807, 2.05) is 12.0 Å². The third-order valence-corrected chi connectivity index (χ3v) is 1.58. The summed E-state index contributed by atoms with van der Waals surface area (Å²) in [5.74, 6) is -0.300. The van der Waals surface area contributed by atoms with Crippen molar-refractivity contribution in [2.75, 3.05) is 19.7 Å². The molecule has 3 heteroatoms. The predicted molar refractivity (Wildman–Crippen MR) is 38.4 cm³/mol. The maximum Gasteiger partial charge on any atom is 0.208 e. The third kappa shape index (κ3) is 1.94. The Labute approximate surface area is 61.9 Å². The molecule has 0 aromatic carbocycles. The normalized spacial score (nSPS) is 31.2. The highest BCUT2D eigenvalue weighted by atomic mass is 16.9. The van der Waals surface area contributed by atoms with Crippen molar-refractivity contribution in [3.8, 4) is 0 Å². The van der Waals surface area contributed by atoms with Gasteiger partial charge in [-0.15, -0.1) is 0 Å². The van der Waals surface area contributed by atoms with Gasteiger partial charge in [-0.1, -0.05) is 13.8 Å². The fourth-order valence-electron chi connectivity index (χ4n) is 0.780. The Morgan fingerprint density at radius 2 is 2.00 bits per heavy atom. The largest absolute Gasteiger partial charge is 0.341 e. The fraction of sp³-hybridized carbons (Fsp3) is 1.00. The van der Waals surface area contributed by atoms with Crippen LogP contribution in [0.4, 0.5) is 0 Å². The summed E-state index contributed by atoms with van der Waals surface area (Å²) in [4.78, 5) is 5.46. The standard InChI is InChI=1S/C7H15NO2/c1-4-8(5-2)10-7(3)6-9-7/h4-6H2,1-3H3. The second kappa shape index (κ2) is 2.86. The summed E-state index contributed by atoms with van der Waals surface area (Å²) in [7, 11) is 0. The molecule has 0 saturated carbocycles. The van der Waals surface area contributed by atoms with Crippen LogP contribution in [0.3, 0.4) is 0 Å². The molecule has 1 saturated heterocycles. The first kappa shape index (κ1) is 7.98. The number of ether oxygens (including phenoxy) is 1. The van der Waals surface area contributed by atoms with Gasteiger partial charge < -0.3 is 4.74 Å². The van der Waals surface area contributed by atoms with E-state index in [-0.39, 0.29) is 5.79 Å². The van der Waals surface area contributed by atoms with Crippen molar-refractivity contribution in [2.24, 2.45) is 0 Å². The Bertz CT molecular complexity index is 108. The van der Waals surface area contributed by atoms with Crippen molar-refractivity contribution in [1.82, 2.24) is 5.06 Å². The molecule has 0 radical (unpaired) electrons. The van der Waals surface area contributed by atoms with Crippen molar-refractivity contribution < 1.29 is 9.57 Å². The zero-order valence-electron chi connectivity index (χ0n) is 6.89. The fourth-order valence-corrected chi connectivity index (χ4v) is 0.780. The average molecular weight is 145 g/mol. The van der Waals surface area contributed by atoms with Crippen LogP contribution in [0, 0.1) is 0 Å². The zero-order valence-corrected chi connectivity index (χ0v) is 6.89. The molecular formula is C7H15NO2. The summed E-state index contributed by atoms with van der Waals surface area (Å²) in [5.41, 5.74) is 0. The van der Waals surface area contributed by atoms with Crippen LogP contribution in [0.15, 0.2) is 0 Å². The van der Waals surface area contributed by atoms with Gasteiger partial charge in [0.1, 0.15) is 6.61 Å². The highest BCUT2D eigenvalue weighted by molar-refractivity contribution is 4.74. The first-order chi connectivity index (χ1) is 4.70. The van der Waals surface area contributed by atoms with Gasteiger partial charge in [0.2, 0.25) is 5.79 Å². The molecule has 0 spiro atoms. The van der Waals surface area contributed by atoms with Gasteiger partial charge in [-0.3, -0.25) is 4.84 Å². The minimum atomic E-state index is -0.300. The van der Waals surface area contributed by atoms with Crippen molar-refractivity contribution in [2.45, 2.75) is 26.6 Å². The first-order valence-electron chi connectivity index (χ1n) is 3.78. The van der Waals surface area contributed by atoms with E-state index in [2.05, 4.69) is 13.8 Å². The zero-order chi connectivity index (χ0) is 7.61. The van der Waals surface area contributed by atoms with E-state index in [4.69, 9.17) is 9.57 Å². The van der Waals surface area contributed by atoms with Crippen molar-refractivity contribution in [3.05, 3.63) is 0 Å². The number of rotatable bonds is 4. The highest BCUT2D eigenvalue weighted by Crippen LogP contribution is 2.27. The Hall–Kier alpha value is -0.120. The summed E-state index contributed by atoms with van der Waals surface area (Å²) in [6.45, 7) is 8.63. The quantitative estimate of drug-likeness (QED) is 0.436. The van der Waals surface area contributed by atoms with Crippen LogP contribution in [0.1, 0.15) is 20.8 Å². The number of hydroxylamine groups is 2. The van der Waals surface area contributed by atoms with Gasteiger partial charge in [0.05, 0.1) is 0 Å². The molecule has 0 bridgehead atoms. The van der Waals surface area contributed by atoms with E-state index in [0.29, 0.717) is 0 Å². The molecule has 1 aliphatic rings. The molecule has 10 heavy (non-hydrogen) atoms. The lowest BCUT2D eigenvalue weighted by Crippen LogP contribution is -2.29. The molecule has 60 valence electrons. The van der Waals surface area contributed by atoms with Crippen LogP contribution in [0.25, 0.3) is 0 Å². The molecule has 0 amide bonds. The van der Waals surface area contributed by atoms with Gasteiger partial charge in [-0.05, 0) is 6.92 Å².